The van der Waals surface area contributed by atoms with Gasteiger partial charge in [0.25, 0.3) is 0 Å². The molecule has 22 heavy (non-hydrogen) atoms. The number of ether oxygens (including phenoxy) is 1. The summed E-state index contributed by atoms with van der Waals surface area (Å²) in [4.78, 5) is 6.47. The number of aryl methyl sites for hydroxylation is 1. The molecule has 1 aromatic carbocycles. The lowest BCUT2D eigenvalue weighted by atomic mass is 10.1. The lowest BCUT2D eigenvalue weighted by Crippen LogP contribution is -2.16. The van der Waals surface area contributed by atoms with Gasteiger partial charge in [-0.3, -0.25) is 0 Å². The molecule has 0 atom stereocenters. The summed E-state index contributed by atoms with van der Waals surface area (Å²) in [6.45, 7) is 1.57. The maximum absolute atomic E-state index is 6.33. The SMILES string of the molecule is CN(C)CCCOc1c(Cc2nccn2C)ccc(Cl)c1Cl. The van der Waals surface area contributed by atoms with Gasteiger partial charge in [0.05, 0.1) is 11.6 Å². The van der Waals surface area contributed by atoms with E-state index in [1.807, 2.05) is 38.0 Å². The number of aromatic nitrogens is 2. The zero-order valence-corrected chi connectivity index (χ0v) is 14.7. The van der Waals surface area contributed by atoms with Gasteiger partial charge in [-0.15, -0.1) is 0 Å². The number of benzene rings is 1. The first-order chi connectivity index (χ1) is 10.5. The van der Waals surface area contributed by atoms with Crippen LogP contribution >= 0.6 is 23.2 Å². The summed E-state index contributed by atoms with van der Waals surface area (Å²) in [5, 5.41) is 0.978. The molecule has 2 rings (SSSR count). The van der Waals surface area contributed by atoms with Gasteiger partial charge in [-0.25, -0.2) is 4.98 Å². The van der Waals surface area contributed by atoms with Gasteiger partial charge in [0.2, 0.25) is 0 Å². The molecule has 0 aliphatic heterocycles. The van der Waals surface area contributed by atoms with E-state index in [2.05, 4.69) is 9.88 Å². The molecule has 0 fully saturated rings. The number of hydrogen-bond acceptors (Lipinski definition) is 3. The van der Waals surface area contributed by atoms with E-state index in [0.717, 1.165) is 24.4 Å². The van der Waals surface area contributed by atoms with Gasteiger partial charge in [0, 0.05) is 38.0 Å². The first-order valence-electron chi connectivity index (χ1n) is 7.19. The van der Waals surface area contributed by atoms with Crippen molar-refractivity contribution in [1.82, 2.24) is 14.5 Å². The first kappa shape index (κ1) is 17.1. The van der Waals surface area contributed by atoms with E-state index < -0.39 is 0 Å². The Labute approximate surface area is 141 Å². The molecule has 4 nitrogen and oxygen atoms in total. The molecule has 1 aromatic heterocycles. The van der Waals surface area contributed by atoms with Crippen molar-refractivity contribution in [1.29, 1.82) is 0 Å². The predicted octanol–water partition coefficient (Wildman–Crippen LogP) is 3.65. The Morgan fingerprint density at radius 2 is 2.05 bits per heavy atom. The fourth-order valence-electron chi connectivity index (χ4n) is 2.16. The van der Waals surface area contributed by atoms with Crippen LogP contribution in [0.2, 0.25) is 10.0 Å². The van der Waals surface area contributed by atoms with Crippen LogP contribution in [-0.2, 0) is 13.5 Å². The molecule has 0 amide bonds. The maximum atomic E-state index is 6.33. The summed E-state index contributed by atoms with van der Waals surface area (Å²) in [5.41, 5.74) is 0.994. The van der Waals surface area contributed by atoms with Crippen molar-refractivity contribution in [2.45, 2.75) is 12.8 Å². The largest absolute Gasteiger partial charge is 0.492 e. The van der Waals surface area contributed by atoms with E-state index >= 15 is 0 Å². The Balaban J connectivity index is 2.15. The standard InChI is InChI=1S/C16H21Cl2N3O/c1-20(2)8-4-10-22-16-12(5-6-13(17)15(16)18)11-14-19-7-9-21(14)3/h5-7,9H,4,8,10-11H2,1-3H3. The van der Waals surface area contributed by atoms with Crippen LogP contribution in [0.5, 0.6) is 5.75 Å². The molecule has 0 radical (unpaired) electrons. The maximum Gasteiger partial charge on any atom is 0.143 e. The molecule has 120 valence electrons. The van der Waals surface area contributed by atoms with Crippen LogP contribution in [-0.4, -0.2) is 41.7 Å². The van der Waals surface area contributed by atoms with Crippen LogP contribution in [0.4, 0.5) is 0 Å². The Bertz CT molecular complexity index is 626. The number of halogens is 2. The molecule has 2 aromatic rings. The minimum Gasteiger partial charge on any atom is -0.492 e. The van der Waals surface area contributed by atoms with Crippen LogP contribution in [0, 0.1) is 0 Å². The summed E-state index contributed by atoms with van der Waals surface area (Å²) < 4.78 is 7.89. The van der Waals surface area contributed by atoms with Crippen LogP contribution in [0.25, 0.3) is 0 Å². The van der Waals surface area contributed by atoms with E-state index in [0.29, 0.717) is 28.8 Å². The Hall–Kier alpha value is -1.23. The minimum atomic E-state index is 0.471. The summed E-state index contributed by atoms with van der Waals surface area (Å²) in [5.74, 6) is 1.62. The van der Waals surface area contributed by atoms with Gasteiger partial charge < -0.3 is 14.2 Å². The molecule has 0 aliphatic rings. The molecule has 1 heterocycles. The topological polar surface area (TPSA) is 30.3 Å². The molecular formula is C16H21Cl2N3O. The van der Waals surface area contributed by atoms with Crippen molar-refractivity contribution in [3.63, 3.8) is 0 Å². The number of rotatable bonds is 7. The number of nitrogens with zero attached hydrogens (tertiary/aromatic N) is 3. The summed E-state index contributed by atoms with van der Waals surface area (Å²) >= 11 is 12.4. The monoisotopic (exact) mass is 341 g/mol. The third-order valence-electron chi connectivity index (χ3n) is 3.40. The Morgan fingerprint density at radius 1 is 1.27 bits per heavy atom. The van der Waals surface area contributed by atoms with Crippen molar-refractivity contribution in [3.8, 4) is 5.75 Å². The molecular weight excluding hydrogens is 321 g/mol. The van der Waals surface area contributed by atoms with E-state index in [9.17, 15) is 0 Å². The van der Waals surface area contributed by atoms with Crippen molar-refractivity contribution in [3.05, 3.63) is 46.0 Å². The lowest BCUT2D eigenvalue weighted by molar-refractivity contribution is 0.280. The number of hydrogen-bond donors (Lipinski definition) is 0. The van der Waals surface area contributed by atoms with E-state index in [1.54, 1.807) is 12.3 Å². The average Bonchev–Trinajstić information content (AvgIpc) is 2.86. The first-order valence-corrected chi connectivity index (χ1v) is 7.95. The Morgan fingerprint density at radius 3 is 2.68 bits per heavy atom. The second-order valence-corrected chi connectivity index (χ2v) is 6.27. The molecule has 0 saturated carbocycles. The highest BCUT2D eigenvalue weighted by Crippen LogP contribution is 2.36. The fraction of sp³-hybridized carbons (Fsp3) is 0.438. The highest BCUT2D eigenvalue weighted by Gasteiger charge is 2.14. The molecule has 0 bridgehead atoms. The van der Waals surface area contributed by atoms with Gasteiger partial charge in [0.1, 0.15) is 16.6 Å². The average molecular weight is 342 g/mol. The van der Waals surface area contributed by atoms with Crippen LogP contribution in [0.1, 0.15) is 17.8 Å². The van der Waals surface area contributed by atoms with Crippen LogP contribution in [0.15, 0.2) is 24.5 Å². The van der Waals surface area contributed by atoms with Crippen molar-refractivity contribution < 1.29 is 4.74 Å². The highest BCUT2D eigenvalue weighted by atomic mass is 35.5. The van der Waals surface area contributed by atoms with Crippen molar-refractivity contribution >= 4 is 23.2 Å². The molecule has 0 saturated heterocycles. The smallest absolute Gasteiger partial charge is 0.143 e. The third kappa shape index (κ3) is 4.38. The molecule has 0 N–H and O–H groups in total. The van der Waals surface area contributed by atoms with Gasteiger partial charge in [0.15, 0.2) is 0 Å². The zero-order chi connectivity index (χ0) is 16.1. The quantitative estimate of drug-likeness (QED) is 0.720. The second kappa shape index (κ2) is 7.86. The van der Waals surface area contributed by atoms with E-state index in [-0.39, 0.29) is 0 Å². The molecule has 0 spiro atoms. The molecule has 6 heteroatoms. The Kier molecular flexibility index (Phi) is 6.12. The van der Waals surface area contributed by atoms with Gasteiger partial charge in [-0.05, 0) is 26.6 Å². The lowest BCUT2D eigenvalue weighted by Gasteiger charge is -2.15. The summed E-state index contributed by atoms with van der Waals surface area (Å²) in [6, 6.07) is 3.75. The van der Waals surface area contributed by atoms with Crippen LogP contribution in [0.3, 0.4) is 0 Å². The fourth-order valence-corrected chi connectivity index (χ4v) is 2.55. The van der Waals surface area contributed by atoms with Crippen molar-refractivity contribution in [2.24, 2.45) is 7.05 Å². The summed E-state index contributed by atoms with van der Waals surface area (Å²) in [7, 11) is 6.05. The highest BCUT2D eigenvalue weighted by molar-refractivity contribution is 6.43. The normalized spacial score (nSPS) is 11.2. The van der Waals surface area contributed by atoms with Gasteiger partial charge in [-0.1, -0.05) is 29.3 Å². The molecule has 0 aliphatic carbocycles. The third-order valence-corrected chi connectivity index (χ3v) is 4.18. The number of imidazole rings is 1. The summed E-state index contributed by atoms with van der Waals surface area (Å²) in [6.07, 6.45) is 5.29. The molecule has 0 unspecified atom stereocenters. The van der Waals surface area contributed by atoms with Gasteiger partial charge in [-0.2, -0.15) is 0 Å². The second-order valence-electron chi connectivity index (χ2n) is 5.49. The minimum absolute atomic E-state index is 0.471. The van der Waals surface area contributed by atoms with Gasteiger partial charge >= 0.3 is 0 Å². The van der Waals surface area contributed by atoms with E-state index in [4.69, 9.17) is 27.9 Å². The zero-order valence-electron chi connectivity index (χ0n) is 13.1. The predicted molar refractivity (Wildman–Crippen MR) is 91.1 cm³/mol. The van der Waals surface area contributed by atoms with Crippen molar-refractivity contribution in [2.75, 3.05) is 27.2 Å². The van der Waals surface area contributed by atoms with E-state index in [1.165, 1.54) is 0 Å². The van der Waals surface area contributed by atoms with Crippen LogP contribution < -0.4 is 4.74 Å².